The van der Waals surface area contributed by atoms with E-state index in [1.807, 2.05) is 0 Å². The SMILES string of the molecule is CCCCCCCCCCCC(CC)CCCCCCCCCCCC1CCC(CC(C)CC)CC1. The van der Waals surface area contributed by atoms with Crippen molar-refractivity contribution in [1.29, 1.82) is 0 Å². The highest BCUT2D eigenvalue weighted by Crippen LogP contribution is 2.35. The Morgan fingerprint density at radius 1 is 0.472 bits per heavy atom. The quantitative estimate of drug-likeness (QED) is 0.103. The van der Waals surface area contributed by atoms with E-state index >= 15 is 0 Å². The molecule has 0 spiro atoms. The van der Waals surface area contributed by atoms with Crippen LogP contribution in [0.25, 0.3) is 0 Å². The molecular formula is C36H72. The molecule has 0 aromatic heterocycles. The number of rotatable bonds is 26. The van der Waals surface area contributed by atoms with E-state index in [1.165, 1.54) is 167 Å². The van der Waals surface area contributed by atoms with Crippen LogP contribution in [0, 0.1) is 23.7 Å². The van der Waals surface area contributed by atoms with Crippen molar-refractivity contribution < 1.29 is 0 Å². The average molecular weight is 505 g/mol. The van der Waals surface area contributed by atoms with Crippen molar-refractivity contribution in [2.24, 2.45) is 23.7 Å². The van der Waals surface area contributed by atoms with E-state index in [4.69, 9.17) is 0 Å². The molecular weight excluding hydrogens is 432 g/mol. The van der Waals surface area contributed by atoms with Gasteiger partial charge in [0.15, 0.2) is 0 Å². The largest absolute Gasteiger partial charge is 0.0654 e. The van der Waals surface area contributed by atoms with Gasteiger partial charge in [0.1, 0.15) is 0 Å². The molecule has 0 N–H and O–H groups in total. The lowest BCUT2D eigenvalue weighted by atomic mass is 9.76. The molecule has 1 aliphatic rings. The molecule has 0 aromatic rings. The van der Waals surface area contributed by atoms with Crippen molar-refractivity contribution in [2.75, 3.05) is 0 Å². The van der Waals surface area contributed by atoms with Crippen molar-refractivity contribution >= 4 is 0 Å². The van der Waals surface area contributed by atoms with Gasteiger partial charge in [0.2, 0.25) is 0 Å². The van der Waals surface area contributed by atoms with Gasteiger partial charge in [-0.25, -0.2) is 0 Å². The van der Waals surface area contributed by atoms with Gasteiger partial charge >= 0.3 is 0 Å². The number of unbranched alkanes of at least 4 members (excludes halogenated alkanes) is 16. The Labute approximate surface area is 231 Å². The molecule has 0 bridgehead atoms. The van der Waals surface area contributed by atoms with Crippen LogP contribution in [-0.2, 0) is 0 Å². The van der Waals surface area contributed by atoms with Crippen molar-refractivity contribution in [3.8, 4) is 0 Å². The van der Waals surface area contributed by atoms with Gasteiger partial charge in [0.25, 0.3) is 0 Å². The maximum atomic E-state index is 2.45. The molecule has 1 aliphatic carbocycles. The van der Waals surface area contributed by atoms with E-state index in [-0.39, 0.29) is 0 Å². The highest BCUT2D eigenvalue weighted by molar-refractivity contribution is 4.74. The molecule has 216 valence electrons. The van der Waals surface area contributed by atoms with Gasteiger partial charge in [0, 0.05) is 0 Å². The topological polar surface area (TPSA) is 0 Å². The minimum absolute atomic E-state index is 0.953. The second-order valence-electron chi connectivity index (χ2n) is 13.3. The minimum Gasteiger partial charge on any atom is -0.0654 e. The van der Waals surface area contributed by atoms with Crippen LogP contribution < -0.4 is 0 Å². The summed E-state index contributed by atoms with van der Waals surface area (Å²) in [5.41, 5.74) is 0. The summed E-state index contributed by atoms with van der Waals surface area (Å²) >= 11 is 0. The van der Waals surface area contributed by atoms with Crippen molar-refractivity contribution in [1.82, 2.24) is 0 Å². The van der Waals surface area contributed by atoms with Crippen LogP contribution in [-0.4, -0.2) is 0 Å². The Morgan fingerprint density at radius 2 is 0.889 bits per heavy atom. The molecule has 0 amide bonds. The van der Waals surface area contributed by atoms with Gasteiger partial charge in [-0.2, -0.15) is 0 Å². The van der Waals surface area contributed by atoms with E-state index in [1.54, 1.807) is 12.8 Å². The van der Waals surface area contributed by atoms with Crippen molar-refractivity contribution in [3.63, 3.8) is 0 Å². The molecule has 0 aromatic carbocycles. The molecule has 0 saturated heterocycles. The summed E-state index contributed by atoms with van der Waals surface area (Å²) in [6.45, 7) is 9.55. The highest BCUT2D eigenvalue weighted by atomic mass is 14.3. The third kappa shape index (κ3) is 20.0. The van der Waals surface area contributed by atoms with E-state index in [0.717, 1.165) is 23.7 Å². The smallest absolute Gasteiger partial charge is 0.0412 e. The van der Waals surface area contributed by atoms with Crippen molar-refractivity contribution in [3.05, 3.63) is 0 Å². The summed E-state index contributed by atoms with van der Waals surface area (Å²) in [7, 11) is 0. The Kier molecular flexibility index (Phi) is 23.9. The first-order chi connectivity index (χ1) is 17.7. The second kappa shape index (κ2) is 25.3. The van der Waals surface area contributed by atoms with Gasteiger partial charge < -0.3 is 0 Å². The maximum absolute atomic E-state index is 2.45. The minimum atomic E-state index is 0.953. The Hall–Kier alpha value is 0. The predicted molar refractivity (Wildman–Crippen MR) is 166 cm³/mol. The van der Waals surface area contributed by atoms with Crippen LogP contribution in [0.3, 0.4) is 0 Å². The fourth-order valence-corrected chi connectivity index (χ4v) is 6.89. The van der Waals surface area contributed by atoms with Crippen LogP contribution in [0.15, 0.2) is 0 Å². The zero-order valence-electron chi connectivity index (χ0n) is 26.1. The van der Waals surface area contributed by atoms with Gasteiger partial charge in [-0.1, -0.05) is 201 Å². The van der Waals surface area contributed by atoms with Gasteiger partial charge in [-0.05, 0) is 30.1 Å². The molecule has 0 heterocycles. The van der Waals surface area contributed by atoms with Gasteiger partial charge in [0.05, 0.1) is 0 Å². The molecule has 1 rings (SSSR count). The monoisotopic (exact) mass is 505 g/mol. The highest BCUT2D eigenvalue weighted by Gasteiger charge is 2.21. The molecule has 2 atom stereocenters. The third-order valence-corrected chi connectivity index (χ3v) is 9.92. The van der Waals surface area contributed by atoms with Crippen LogP contribution in [0.5, 0.6) is 0 Å². The molecule has 0 aliphatic heterocycles. The van der Waals surface area contributed by atoms with E-state index < -0.39 is 0 Å². The maximum Gasteiger partial charge on any atom is -0.0412 e. The Morgan fingerprint density at radius 3 is 1.33 bits per heavy atom. The lowest BCUT2D eigenvalue weighted by Gasteiger charge is -2.30. The molecule has 0 nitrogen and oxygen atoms in total. The van der Waals surface area contributed by atoms with E-state index in [9.17, 15) is 0 Å². The summed E-state index contributed by atoms with van der Waals surface area (Å²) in [4.78, 5) is 0. The van der Waals surface area contributed by atoms with E-state index in [0.29, 0.717) is 0 Å². The van der Waals surface area contributed by atoms with Gasteiger partial charge in [-0.15, -0.1) is 0 Å². The molecule has 1 fully saturated rings. The normalized spacial score (nSPS) is 20.0. The molecule has 0 radical (unpaired) electrons. The molecule has 36 heavy (non-hydrogen) atoms. The fraction of sp³-hybridized carbons (Fsp3) is 1.00. The van der Waals surface area contributed by atoms with Crippen LogP contribution in [0.1, 0.15) is 207 Å². The number of hydrogen-bond acceptors (Lipinski definition) is 0. The zero-order valence-corrected chi connectivity index (χ0v) is 26.1. The van der Waals surface area contributed by atoms with Crippen LogP contribution in [0.2, 0.25) is 0 Å². The van der Waals surface area contributed by atoms with Crippen LogP contribution >= 0.6 is 0 Å². The molecule has 2 unspecified atom stereocenters. The zero-order chi connectivity index (χ0) is 26.1. The van der Waals surface area contributed by atoms with Crippen LogP contribution in [0.4, 0.5) is 0 Å². The Bertz CT molecular complexity index is 418. The lowest BCUT2D eigenvalue weighted by Crippen LogP contribution is -2.16. The number of hydrogen-bond donors (Lipinski definition) is 0. The average Bonchev–Trinajstić information content (AvgIpc) is 2.90. The van der Waals surface area contributed by atoms with E-state index in [2.05, 4.69) is 27.7 Å². The molecule has 1 saturated carbocycles. The van der Waals surface area contributed by atoms with Crippen molar-refractivity contribution in [2.45, 2.75) is 207 Å². The summed E-state index contributed by atoms with van der Waals surface area (Å²) in [5, 5.41) is 0. The predicted octanol–water partition coefficient (Wildman–Crippen LogP) is 13.5. The lowest BCUT2D eigenvalue weighted by molar-refractivity contribution is 0.227. The third-order valence-electron chi connectivity index (χ3n) is 9.92. The first-order valence-electron chi connectivity index (χ1n) is 17.7. The summed E-state index contributed by atoms with van der Waals surface area (Å²) in [6, 6.07) is 0. The second-order valence-corrected chi connectivity index (χ2v) is 13.3. The molecule has 0 heteroatoms. The first-order valence-corrected chi connectivity index (χ1v) is 17.7. The summed E-state index contributed by atoms with van der Waals surface area (Å²) in [6.07, 6.45) is 41.7. The Balaban J connectivity index is 1.82. The fourth-order valence-electron chi connectivity index (χ4n) is 6.89. The summed E-state index contributed by atoms with van der Waals surface area (Å²) < 4.78 is 0. The van der Waals surface area contributed by atoms with Gasteiger partial charge in [-0.3, -0.25) is 0 Å². The first kappa shape index (κ1) is 34.0. The summed E-state index contributed by atoms with van der Waals surface area (Å²) in [5.74, 6) is 4.10. The standard InChI is InChI=1S/C36H72/c1-5-8-9-10-11-13-16-19-22-25-34(7-3)26-23-20-17-14-12-15-18-21-24-27-35-28-30-36(31-29-35)32-33(4)6-2/h33-36H,5-32H2,1-4H3.